The van der Waals surface area contributed by atoms with Crippen LogP contribution in [0, 0.1) is 5.41 Å². The standard InChI is InChI=1S/C22H24N2O2S/c1-22(2,3)21(25)24(15-16-8-6-5-7-9-16)20-14-19(23-27-20)17-10-12-18(26-4)13-11-17/h5-14H,15H2,1-4H3. The first-order valence-corrected chi connectivity index (χ1v) is 9.63. The van der Waals surface area contributed by atoms with Gasteiger partial charge in [0, 0.05) is 17.0 Å². The molecule has 0 atom stereocenters. The molecule has 0 radical (unpaired) electrons. The van der Waals surface area contributed by atoms with Crippen molar-refractivity contribution in [2.24, 2.45) is 5.41 Å². The highest BCUT2D eigenvalue weighted by Crippen LogP contribution is 2.33. The Morgan fingerprint density at radius 2 is 1.74 bits per heavy atom. The van der Waals surface area contributed by atoms with Crippen LogP contribution < -0.4 is 9.64 Å². The van der Waals surface area contributed by atoms with Gasteiger partial charge in [-0.15, -0.1) is 0 Å². The third kappa shape index (κ3) is 4.55. The molecular weight excluding hydrogens is 356 g/mol. The average Bonchev–Trinajstić information content (AvgIpc) is 3.15. The molecule has 1 amide bonds. The van der Waals surface area contributed by atoms with Crippen LogP contribution in [-0.2, 0) is 11.3 Å². The fourth-order valence-electron chi connectivity index (χ4n) is 2.71. The van der Waals surface area contributed by atoms with Gasteiger partial charge in [0.25, 0.3) is 0 Å². The quantitative estimate of drug-likeness (QED) is 0.595. The van der Waals surface area contributed by atoms with Crippen molar-refractivity contribution in [3.05, 3.63) is 66.2 Å². The van der Waals surface area contributed by atoms with E-state index in [2.05, 4.69) is 4.37 Å². The molecule has 0 unspecified atom stereocenters. The zero-order chi connectivity index (χ0) is 19.4. The van der Waals surface area contributed by atoms with Gasteiger partial charge < -0.3 is 4.74 Å². The van der Waals surface area contributed by atoms with Gasteiger partial charge in [0.05, 0.1) is 19.3 Å². The molecule has 4 nitrogen and oxygen atoms in total. The Balaban J connectivity index is 1.92. The van der Waals surface area contributed by atoms with Gasteiger partial charge in [-0.05, 0) is 41.4 Å². The molecule has 0 aliphatic rings. The van der Waals surface area contributed by atoms with Crippen LogP contribution in [0.2, 0.25) is 0 Å². The lowest BCUT2D eigenvalue weighted by atomic mass is 9.94. The largest absolute Gasteiger partial charge is 0.497 e. The van der Waals surface area contributed by atoms with Gasteiger partial charge in [0.2, 0.25) is 5.91 Å². The topological polar surface area (TPSA) is 42.4 Å². The molecule has 1 aromatic heterocycles. The minimum atomic E-state index is -0.473. The zero-order valence-electron chi connectivity index (χ0n) is 16.1. The van der Waals surface area contributed by atoms with Gasteiger partial charge >= 0.3 is 0 Å². The van der Waals surface area contributed by atoms with Crippen molar-refractivity contribution >= 4 is 22.4 Å². The third-order valence-electron chi connectivity index (χ3n) is 4.22. The maximum atomic E-state index is 13.1. The van der Waals surface area contributed by atoms with Gasteiger partial charge in [-0.1, -0.05) is 51.1 Å². The fourth-order valence-corrected chi connectivity index (χ4v) is 3.47. The first-order valence-electron chi connectivity index (χ1n) is 8.85. The first-order chi connectivity index (χ1) is 12.9. The van der Waals surface area contributed by atoms with Crippen LogP contribution in [0.1, 0.15) is 26.3 Å². The number of benzene rings is 2. The van der Waals surface area contributed by atoms with Crippen LogP contribution >= 0.6 is 11.5 Å². The van der Waals surface area contributed by atoms with Crippen LogP contribution in [0.4, 0.5) is 5.00 Å². The maximum absolute atomic E-state index is 13.1. The number of nitrogens with zero attached hydrogens (tertiary/aromatic N) is 2. The van der Waals surface area contributed by atoms with E-state index >= 15 is 0 Å². The molecule has 0 aliphatic heterocycles. The first kappa shape index (κ1) is 19.1. The molecular formula is C22H24N2O2S. The lowest BCUT2D eigenvalue weighted by molar-refractivity contribution is -0.125. The lowest BCUT2D eigenvalue weighted by Gasteiger charge is -2.28. The van der Waals surface area contributed by atoms with E-state index in [0.29, 0.717) is 6.54 Å². The molecule has 2 aromatic carbocycles. The van der Waals surface area contributed by atoms with Crippen LogP contribution in [0.5, 0.6) is 5.75 Å². The third-order valence-corrected chi connectivity index (χ3v) is 5.03. The summed E-state index contributed by atoms with van der Waals surface area (Å²) in [6, 6.07) is 19.8. The van der Waals surface area contributed by atoms with Gasteiger partial charge in [-0.2, -0.15) is 4.37 Å². The summed E-state index contributed by atoms with van der Waals surface area (Å²) in [5.74, 6) is 0.888. The summed E-state index contributed by atoms with van der Waals surface area (Å²) >= 11 is 1.35. The summed E-state index contributed by atoms with van der Waals surface area (Å²) in [5, 5.41) is 0.851. The van der Waals surface area contributed by atoms with E-state index in [1.807, 2.05) is 86.3 Å². The van der Waals surface area contributed by atoms with Gasteiger partial charge in [-0.3, -0.25) is 9.69 Å². The Morgan fingerprint density at radius 3 is 2.33 bits per heavy atom. The van der Waals surface area contributed by atoms with E-state index in [9.17, 15) is 4.79 Å². The lowest BCUT2D eigenvalue weighted by Crippen LogP contribution is -2.38. The Bertz CT molecular complexity index is 896. The monoisotopic (exact) mass is 380 g/mol. The summed E-state index contributed by atoms with van der Waals surface area (Å²) in [6.07, 6.45) is 0. The zero-order valence-corrected chi connectivity index (χ0v) is 16.9. The molecule has 1 heterocycles. The van der Waals surface area contributed by atoms with Crippen molar-refractivity contribution in [3.8, 4) is 17.0 Å². The van der Waals surface area contributed by atoms with Crippen molar-refractivity contribution in [1.29, 1.82) is 0 Å². The molecule has 0 spiro atoms. The minimum Gasteiger partial charge on any atom is -0.497 e. The number of amides is 1. The maximum Gasteiger partial charge on any atom is 0.233 e. The van der Waals surface area contributed by atoms with Crippen LogP contribution in [0.3, 0.4) is 0 Å². The Morgan fingerprint density at radius 1 is 1.07 bits per heavy atom. The predicted molar refractivity (Wildman–Crippen MR) is 111 cm³/mol. The SMILES string of the molecule is COc1ccc(-c2cc(N(Cc3ccccc3)C(=O)C(C)(C)C)sn2)cc1. The second-order valence-electron chi connectivity index (χ2n) is 7.41. The molecule has 0 fully saturated rings. The number of carbonyl (C=O) groups excluding carboxylic acids is 1. The van der Waals surface area contributed by atoms with Crippen molar-refractivity contribution in [3.63, 3.8) is 0 Å². The molecule has 3 aromatic rings. The number of rotatable bonds is 5. The van der Waals surface area contributed by atoms with Crippen LogP contribution in [-0.4, -0.2) is 17.4 Å². The number of hydrogen-bond donors (Lipinski definition) is 0. The Labute approximate surface area is 164 Å². The minimum absolute atomic E-state index is 0.0799. The molecule has 0 aliphatic carbocycles. The van der Waals surface area contributed by atoms with E-state index < -0.39 is 5.41 Å². The van der Waals surface area contributed by atoms with E-state index in [1.165, 1.54) is 11.5 Å². The average molecular weight is 381 g/mol. The van der Waals surface area contributed by atoms with Crippen molar-refractivity contribution in [2.75, 3.05) is 12.0 Å². The van der Waals surface area contributed by atoms with Gasteiger partial charge in [0.15, 0.2) is 0 Å². The van der Waals surface area contributed by atoms with Crippen molar-refractivity contribution in [2.45, 2.75) is 27.3 Å². The summed E-state index contributed by atoms with van der Waals surface area (Å²) in [4.78, 5) is 14.9. The summed E-state index contributed by atoms with van der Waals surface area (Å²) in [5.41, 5.74) is 2.48. The molecule has 0 saturated carbocycles. The van der Waals surface area contributed by atoms with Crippen molar-refractivity contribution in [1.82, 2.24) is 4.37 Å². The molecule has 0 N–H and O–H groups in total. The number of ether oxygens (including phenoxy) is 1. The normalized spacial score (nSPS) is 11.3. The van der Waals surface area contributed by atoms with Gasteiger partial charge in [0.1, 0.15) is 10.8 Å². The Hall–Kier alpha value is -2.66. The van der Waals surface area contributed by atoms with Crippen LogP contribution in [0.25, 0.3) is 11.3 Å². The smallest absolute Gasteiger partial charge is 0.233 e. The number of aromatic nitrogens is 1. The van der Waals surface area contributed by atoms with E-state index in [-0.39, 0.29) is 5.91 Å². The molecule has 5 heteroatoms. The molecule has 0 saturated heterocycles. The highest BCUT2D eigenvalue weighted by Gasteiger charge is 2.29. The molecule has 0 bridgehead atoms. The highest BCUT2D eigenvalue weighted by molar-refractivity contribution is 7.10. The Kier molecular flexibility index (Phi) is 5.61. The predicted octanol–water partition coefficient (Wildman–Crippen LogP) is 5.40. The second kappa shape index (κ2) is 7.92. The summed E-state index contributed by atoms with van der Waals surface area (Å²) in [6.45, 7) is 6.36. The van der Waals surface area contributed by atoms with E-state index in [1.54, 1.807) is 7.11 Å². The van der Waals surface area contributed by atoms with Crippen LogP contribution in [0.15, 0.2) is 60.7 Å². The molecule has 3 rings (SSSR count). The summed E-state index contributed by atoms with van der Waals surface area (Å²) < 4.78 is 9.79. The second-order valence-corrected chi connectivity index (χ2v) is 8.19. The molecule has 27 heavy (non-hydrogen) atoms. The number of carbonyl (C=O) groups is 1. The van der Waals surface area contributed by atoms with E-state index in [4.69, 9.17) is 4.74 Å². The summed E-state index contributed by atoms with van der Waals surface area (Å²) in [7, 11) is 1.65. The number of methoxy groups -OCH3 is 1. The van der Waals surface area contributed by atoms with Crippen molar-refractivity contribution < 1.29 is 9.53 Å². The molecule has 140 valence electrons. The number of hydrogen-bond acceptors (Lipinski definition) is 4. The fraction of sp³-hybridized carbons (Fsp3) is 0.273. The van der Waals surface area contributed by atoms with Gasteiger partial charge in [-0.25, -0.2) is 0 Å². The highest BCUT2D eigenvalue weighted by atomic mass is 32.1. The van der Waals surface area contributed by atoms with E-state index in [0.717, 1.165) is 27.6 Å². The number of anilines is 1.